The van der Waals surface area contributed by atoms with Crippen LogP contribution in [0.5, 0.6) is 11.5 Å². The number of benzene rings is 2. The number of unbranched alkanes of at least 4 members (excludes halogenated alkanes) is 1. The molecule has 2 rings (SSSR count). The second-order valence-electron chi connectivity index (χ2n) is 5.77. The number of ether oxygens (including phenoxy) is 2. The molecule has 2 aromatic carbocycles. The van der Waals surface area contributed by atoms with Gasteiger partial charge in [-0.2, -0.15) is 0 Å². The van der Waals surface area contributed by atoms with E-state index in [2.05, 4.69) is 6.92 Å². The maximum absolute atomic E-state index is 11.5. The molecule has 1 N–H and O–H groups in total. The molecule has 0 saturated carbocycles. The van der Waals surface area contributed by atoms with Crippen LogP contribution in [-0.4, -0.2) is 23.5 Å². The Kier molecular flexibility index (Phi) is 6.97. The predicted molar refractivity (Wildman–Crippen MR) is 99.5 cm³/mol. The minimum Gasteiger partial charge on any atom is -0.494 e. The maximum atomic E-state index is 11.5. The van der Waals surface area contributed by atoms with Gasteiger partial charge in [-0.3, -0.25) is 4.79 Å². The summed E-state index contributed by atoms with van der Waals surface area (Å²) >= 11 is 0. The quantitative estimate of drug-likeness (QED) is 0.309. The summed E-state index contributed by atoms with van der Waals surface area (Å²) < 4.78 is 11.0. The van der Waals surface area contributed by atoms with Gasteiger partial charge in [0.2, 0.25) is 5.76 Å². The molecule has 0 unspecified atom stereocenters. The average molecular weight is 354 g/mol. The number of carboxylic acids is 1. The van der Waals surface area contributed by atoms with Crippen LogP contribution in [-0.2, 0) is 4.79 Å². The lowest BCUT2D eigenvalue weighted by atomic mass is 10.1. The molecule has 0 aliphatic heterocycles. The van der Waals surface area contributed by atoms with E-state index >= 15 is 0 Å². The van der Waals surface area contributed by atoms with Crippen molar-refractivity contribution in [3.8, 4) is 11.5 Å². The van der Waals surface area contributed by atoms with Crippen LogP contribution in [0.25, 0.3) is 6.08 Å². The number of hydrogen-bond acceptors (Lipinski definition) is 4. The summed E-state index contributed by atoms with van der Waals surface area (Å²) in [7, 11) is 0. The summed E-state index contributed by atoms with van der Waals surface area (Å²) in [4.78, 5) is 22.7. The van der Waals surface area contributed by atoms with E-state index in [1.165, 1.54) is 13.0 Å². The molecule has 0 saturated heterocycles. The summed E-state index contributed by atoms with van der Waals surface area (Å²) in [5, 5.41) is 9.36. The summed E-state index contributed by atoms with van der Waals surface area (Å²) in [6.45, 7) is 4.22. The van der Waals surface area contributed by atoms with Crippen LogP contribution < -0.4 is 9.47 Å². The summed E-state index contributed by atoms with van der Waals surface area (Å²) in [5.41, 5.74) is 1.20. The summed E-state index contributed by atoms with van der Waals surface area (Å²) in [5.74, 6) is -0.311. The van der Waals surface area contributed by atoms with E-state index in [0.29, 0.717) is 29.2 Å². The van der Waals surface area contributed by atoms with Crippen LogP contribution in [0.4, 0.5) is 0 Å². The van der Waals surface area contributed by atoms with Gasteiger partial charge in [-0.25, -0.2) is 4.79 Å². The second kappa shape index (κ2) is 9.42. The lowest BCUT2D eigenvalue weighted by Gasteiger charge is -2.09. The monoisotopic (exact) mass is 354 g/mol. The third kappa shape index (κ3) is 5.77. The molecule has 5 nitrogen and oxygen atoms in total. The first-order valence-corrected chi connectivity index (χ1v) is 8.46. The van der Waals surface area contributed by atoms with Gasteiger partial charge in [-0.15, -0.1) is 0 Å². The maximum Gasteiger partial charge on any atom is 0.371 e. The molecule has 2 aromatic rings. The van der Waals surface area contributed by atoms with Crippen molar-refractivity contribution in [2.75, 3.05) is 6.61 Å². The number of Topliss-reactive ketones (excluding diaryl/α,β-unsaturated/α-hetero) is 1. The molecular weight excluding hydrogens is 332 g/mol. The normalized spacial score (nSPS) is 11.1. The van der Waals surface area contributed by atoms with Crippen molar-refractivity contribution in [1.29, 1.82) is 0 Å². The molecule has 0 amide bonds. The first-order valence-electron chi connectivity index (χ1n) is 8.46. The largest absolute Gasteiger partial charge is 0.494 e. The van der Waals surface area contributed by atoms with E-state index in [9.17, 15) is 14.7 Å². The van der Waals surface area contributed by atoms with Gasteiger partial charge in [0.15, 0.2) is 5.78 Å². The fourth-order valence-corrected chi connectivity index (χ4v) is 2.17. The van der Waals surface area contributed by atoms with E-state index in [0.717, 1.165) is 12.8 Å². The van der Waals surface area contributed by atoms with E-state index in [4.69, 9.17) is 9.47 Å². The summed E-state index contributed by atoms with van der Waals surface area (Å²) in [6.07, 6.45) is 3.45. The topological polar surface area (TPSA) is 72.8 Å². The Bertz CT molecular complexity index is 773. The number of carbonyl (C=O) groups is 2. The number of carbonyl (C=O) groups excluding carboxylic acids is 1. The van der Waals surface area contributed by atoms with Crippen molar-refractivity contribution < 1.29 is 24.2 Å². The van der Waals surface area contributed by atoms with Gasteiger partial charge in [0, 0.05) is 5.56 Å². The highest BCUT2D eigenvalue weighted by Gasteiger charge is 2.11. The summed E-state index contributed by atoms with van der Waals surface area (Å²) in [6, 6.07) is 13.5. The molecular formula is C21H22O5. The van der Waals surface area contributed by atoms with Gasteiger partial charge < -0.3 is 14.6 Å². The molecule has 5 heteroatoms. The molecule has 0 aromatic heterocycles. The van der Waals surface area contributed by atoms with Gasteiger partial charge in [-0.05, 0) is 49.2 Å². The SMILES string of the molecule is CCCCOc1ccc(OC(=Cc2ccc(C(C)=O)cc2)C(=O)O)cc1. The number of carboxylic acid groups (broad SMARTS) is 1. The van der Waals surface area contributed by atoms with Gasteiger partial charge in [0.25, 0.3) is 0 Å². The zero-order valence-electron chi connectivity index (χ0n) is 14.9. The number of rotatable bonds is 9. The number of aliphatic carboxylic acids is 1. The van der Waals surface area contributed by atoms with Crippen LogP contribution in [0.1, 0.15) is 42.6 Å². The average Bonchev–Trinajstić information content (AvgIpc) is 2.63. The Balaban J connectivity index is 2.10. The van der Waals surface area contributed by atoms with Crippen LogP contribution >= 0.6 is 0 Å². The van der Waals surface area contributed by atoms with Gasteiger partial charge in [0.1, 0.15) is 11.5 Å². The minimum atomic E-state index is -1.18. The molecule has 0 radical (unpaired) electrons. The van der Waals surface area contributed by atoms with E-state index in [-0.39, 0.29) is 11.5 Å². The van der Waals surface area contributed by atoms with Crippen molar-refractivity contribution in [2.24, 2.45) is 0 Å². The smallest absolute Gasteiger partial charge is 0.371 e. The Morgan fingerprint density at radius 2 is 1.62 bits per heavy atom. The van der Waals surface area contributed by atoms with Crippen molar-refractivity contribution in [2.45, 2.75) is 26.7 Å². The molecule has 0 aliphatic carbocycles. The number of hydrogen-bond donors (Lipinski definition) is 1. The third-order valence-corrected chi connectivity index (χ3v) is 3.64. The van der Waals surface area contributed by atoms with Crippen LogP contribution in [0.15, 0.2) is 54.3 Å². The zero-order valence-corrected chi connectivity index (χ0v) is 14.9. The van der Waals surface area contributed by atoms with Crippen molar-refractivity contribution in [1.82, 2.24) is 0 Å². The van der Waals surface area contributed by atoms with Crippen molar-refractivity contribution in [3.63, 3.8) is 0 Å². The Labute approximate surface area is 152 Å². The molecule has 136 valence electrons. The van der Waals surface area contributed by atoms with Crippen LogP contribution in [0.2, 0.25) is 0 Å². The van der Waals surface area contributed by atoms with E-state index in [1.807, 2.05) is 0 Å². The molecule has 0 bridgehead atoms. The molecule has 0 spiro atoms. The Morgan fingerprint density at radius 3 is 2.15 bits per heavy atom. The van der Waals surface area contributed by atoms with Gasteiger partial charge in [-0.1, -0.05) is 37.6 Å². The van der Waals surface area contributed by atoms with Crippen LogP contribution in [0, 0.1) is 0 Å². The fraction of sp³-hybridized carbons (Fsp3) is 0.238. The van der Waals surface area contributed by atoms with Gasteiger partial charge in [0.05, 0.1) is 6.61 Å². The van der Waals surface area contributed by atoms with Crippen molar-refractivity contribution in [3.05, 3.63) is 65.4 Å². The highest BCUT2D eigenvalue weighted by molar-refractivity contribution is 5.94. The van der Waals surface area contributed by atoms with Gasteiger partial charge >= 0.3 is 5.97 Å². The van der Waals surface area contributed by atoms with E-state index in [1.54, 1.807) is 48.5 Å². The standard InChI is InChI=1S/C21H22O5/c1-3-4-13-25-18-9-11-19(12-10-18)26-20(21(23)24)14-16-5-7-17(8-6-16)15(2)22/h5-12,14H,3-4,13H2,1-2H3,(H,23,24). The lowest BCUT2D eigenvalue weighted by Crippen LogP contribution is -2.07. The first kappa shape index (κ1) is 19.2. The second-order valence-corrected chi connectivity index (χ2v) is 5.77. The Hall–Kier alpha value is -3.08. The molecule has 26 heavy (non-hydrogen) atoms. The van der Waals surface area contributed by atoms with Crippen molar-refractivity contribution >= 4 is 17.8 Å². The molecule has 0 atom stereocenters. The third-order valence-electron chi connectivity index (χ3n) is 3.64. The van der Waals surface area contributed by atoms with Crippen LogP contribution in [0.3, 0.4) is 0 Å². The first-order chi connectivity index (χ1) is 12.5. The zero-order chi connectivity index (χ0) is 18.9. The number of ketones is 1. The molecule has 0 fully saturated rings. The molecule has 0 aliphatic rings. The highest BCUT2D eigenvalue weighted by Crippen LogP contribution is 2.21. The highest BCUT2D eigenvalue weighted by atomic mass is 16.5. The fourth-order valence-electron chi connectivity index (χ4n) is 2.17. The predicted octanol–water partition coefficient (Wildman–Crippen LogP) is 4.57. The minimum absolute atomic E-state index is 0.0449. The Morgan fingerprint density at radius 1 is 1.00 bits per heavy atom. The molecule has 0 heterocycles. The lowest BCUT2D eigenvalue weighted by molar-refractivity contribution is -0.134. The van der Waals surface area contributed by atoms with E-state index < -0.39 is 5.97 Å².